The summed E-state index contributed by atoms with van der Waals surface area (Å²) in [6.07, 6.45) is 9.73. The summed E-state index contributed by atoms with van der Waals surface area (Å²) >= 11 is 0. The van der Waals surface area contributed by atoms with E-state index < -0.39 is 17.8 Å². The van der Waals surface area contributed by atoms with Crippen LogP contribution in [0.25, 0.3) is 0 Å². The van der Waals surface area contributed by atoms with Crippen LogP contribution in [0.3, 0.4) is 0 Å². The molecule has 4 aliphatic rings. The molecule has 236 valence electrons. The molecule has 0 saturated carbocycles. The number of carbonyl (C=O) groups excluding carboxylic acids is 2. The van der Waals surface area contributed by atoms with E-state index in [2.05, 4.69) is 18.3 Å². The minimum Gasteiger partial charge on any atom is -0.469 e. The Labute approximate surface area is 249 Å². The highest BCUT2D eigenvalue weighted by Gasteiger charge is 2.58. The number of ether oxygens (including phenoxy) is 6. The SMILES string of the molecule is COC(=O)C[C@@H]1C[C@@]2(CO2)[C@H](O)[C@@H](/C=C/C(C)=C/C[C@@H]2O[C@H](C)[C@H](NC(=O)/C=C\C(C)COC3(C)COC3)C[C@@H]2C)O1. The van der Waals surface area contributed by atoms with E-state index in [0.717, 1.165) is 18.4 Å². The summed E-state index contributed by atoms with van der Waals surface area (Å²) in [7, 11) is 1.35. The van der Waals surface area contributed by atoms with Gasteiger partial charge in [0.2, 0.25) is 5.91 Å². The first kappa shape index (κ1) is 32.8. The van der Waals surface area contributed by atoms with Gasteiger partial charge in [0.15, 0.2) is 0 Å². The molecular formula is C32H49NO9. The number of epoxide rings is 1. The molecule has 1 spiro atoms. The highest BCUT2D eigenvalue weighted by molar-refractivity contribution is 5.87. The van der Waals surface area contributed by atoms with E-state index in [4.69, 9.17) is 28.4 Å². The second-order valence-electron chi connectivity index (χ2n) is 12.8. The molecule has 0 aromatic carbocycles. The third-order valence-corrected chi connectivity index (χ3v) is 8.76. The molecule has 0 bridgehead atoms. The summed E-state index contributed by atoms with van der Waals surface area (Å²) < 4.78 is 33.8. The number of carbonyl (C=O) groups is 2. The number of rotatable bonds is 12. The number of aliphatic hydroxyl groups excluding tert-OH is 1. The van der Waals surface area contributed by atoms with Gasteiger partial charge in [0.1, 0.15) is 23.4 Å². The Morgan fingerprint density at radius 3 is 2.55 bits per heavy atom. The Morgan fingerprint density at radius 2 is 1.90 bits per heavy atom. The van der Waals surface area contributed by atoms with Gasteiger partial charge in [-0.25, -0.2) is 0 Å². The van der Waals surface area contributed by atoms with Crippen molar-refractivity contribution in [3.05, 3.63) is 36.0 Å². The molecule has 10 heteroatoms. The molecule has 10 nitrogen and oxygen atoms in total. The molecule has 0 radical (unpaired) electrons. The maximum Gasteiger partial charge on any atom is 0.308 e. The van der Waals surface area contributed by atoms with Gasteiger partial charge in [0.05, 0.1) is 64.3 Å². The lowest BCUT2D eigenvalue weighted by Gasteiger charge is -2.39. The number of nitrogens with one attached hydrogen (secondary N) is 1. The number of methoxy groups -OCH3 is 1. The number of hydrogen-bond acceptors (Lipinski definition) is 9. The van der Waals surface area contributed by atoms with Crippen molar-refractivity contribution >= 4 is 11.9 Å². The van der Waals surface area contributed by atoms with Crippen LogP contribution in [-0.2, 0) is 38.0 Å². The normalized spacial score (nSPS) is 37.0. The van der Waals surface area contributed by atoms with E-state index in [9.17, 15) is 14.7 Å². The van der Waals surface area contributed by atoms with Gasteiger partial charge in [-0.2, -0.15) is 0 Å². The first-order chi connectivity index (χ1) is 19.9. The number of amides is 1. The molecule has 0 aromatic heterocycles. The number of esters is 1. The minimum absolute atomic E-state index is 0.0326. The lowest BCUT2D eigenvalue weighted by Crippen LogP contribution is -2.50. The molecular weight excluding hydrogens is 542 g/mol. The van der Waals surface area contributed by atoms with Crippen LogP contribution in [0.1, 0.15) is 60.3 Å². The van der Waals surface area contributed by atoms with Crippen molar-refractivity contribution in [1.82, 2.24) is 5.32 Å². The van der Waals surface area contributed by atoms with Gasteiger partial charge in [-0.1, -0.05) is 43.7 Å². The van der Waals surface area contributed by atoms with Crippen LogP contribution in [0.5, 0.6) is 0 Å². The fourth-order valence-corrected chi connectivity index (χ4v) is 5.74. The number of allylic oxidation sites excluding steroid dienone is 2. The van der Waals surface area contributed by atoms with Crippen molar-refractivity contribution in [3.63, 3.8) is 0 Å². The Bertz CT molecular complexity index is 1030. The molecule has 4 saturated heterocycles. The Kier molecular flexibility index (Phi) is 11.0. The van der Waals surface area contributed by atoms with Gasteiger partial charge in [0.25, 0.3) is 0 Å². The van der Waals surface area contributed by atoms with Crippen LogP contribution in [0, 0.1) is 11.8 Å². The van der Waals surface area contributed by atoms with Gasteiger partial charge in [-0.15, -0.1) is 0 Å². The molecule has 4 aliphatic heterocycles. The summed E-state index contributed by atoms with van der Waals surface area (Å²) in [6, 6.07) is -0.0594. The fraction of sp³-hybridized carbons (Fsp3) is 0.750. The Hall–Kier alpha value is -2.08. The molecule has 0 aliphatic carbocycles. The van der Waals surface area contributed by atoms with E-state index in [1.165, 1.54) is 7.11 Å². The second-order valence-corrected chi connectivity index (χ2v) is 12.8. The van der Waals surface area contributed by atoms with Crippen molar-refractivity contribution in [3.8, 4) is 0 Å². The van der Waals surface area contributed by atoms with Crippen molar-refractivity contribution in [1.29, 1.82) is 0 Å². The summed E-state index contributed by atoms with van der Waals surface area (Å²) in [4.78, 5) is 24.4. The van der Waals surface area contributed by atoms with Crippen LogP contribution in [0.2, 0.25) is 0 Å². The third-order valence-electron chi connectivity index (χ3n) is 8.76. The van der Waals surface area contributed by atoms with Crippen LogP contribution >= 0.6 is 0 Å². The number of hydrogen-bond donors (Lipinski definition) is 2. The first-order valence-corrected chi connectivity index (χ1v) is 15.2. The predicted molar refractivity (Wildman–Crippen MR) is 156 cm³/mol. The average molecular weight is 592 g/mol. The Morgan fingerprint density at radius 1 is 1.17 bits per heavy atom. The van der Waals surface area contributed by atoms with Crippen LogP contribution in [0.4, 0.5) is 0 Å². The molecule has 0 aromatic rings. The maximum atomic E-state index is 12.6. The van der Waals surface area contributed by atoms with Gasteiger partial charge in [-0.05, 0) is 51.5 Å². The molecule has 4 rings (SSSR count). The van der Waals surface area contributed by atoms with Gasteiger partial charge in [-0.3, -0.25) is 9.59 Å². The average Bonchev–Trinajstić information content (AvgIpc) is 3.71. The second kappa shape index (κ2) is 14.1. The zero-order valence-electron chi connectivity index (χ0n) is 25.9. The van der Waals surface area contributed by atoms with Crippen LogP contribution in [-0.4, -0.2) is 98.3 Å². The summed E-state index contributed by atoms with van der Waals surface area (Å²) in [5.74, 6) is -0.0787. The fourth-order valence-electron chi connectivity index (χ4n) is 5.74. The zero-order valence-corrected chi connectivity index (χ0v) is 25.9. The van der Waals surface area contributed by atoms with Gasteiger partial charge < -0.3 is 38.8 Å². The van der Waals surface area contributed by atoms with Gasteiger partial charge in [0, 0.05) is 6.42 Å². The van der Waals surface area contributed by atoms with E-state index >= 15 is 0 Å². The predicted octanol–water partition coefficient (Wildman–Crippen LogP) is 3.03. The smallest absolute Gasteiger partial charge is 0.308 e. The van der Waals surface area contributed by atoms with E-state index in [1.54, 1.807) is 6.08 Å². The quantitative estimate of drug-likeness (QED) is 0.153. The molecule has 2 N–H and O–H groups in total. The topological polar surface area (TPSA) is 125 Å². The Balaban J connectivity index is 1.22. The van der Waals surface area contributed by atoms with Crippen molar-refractivity contribution in [2.24, 2.45) is 11.8 Å². The van der Waals surface area contributed by atoms with E-state index in [0.29, 0.717) is 32.8 Å². The van der Waals surface area contributed by atoms with Crippen molar-refractivity contribution < 1.29 is 43.1 Å². The first-order valence-electron chi connectivity index (χ1n) is 15.2. The van der Waals surface area contributed by atoms with E-state index in [1.807, 2.05) is 45.9 Å². The lowest BCUT2D eigenvalue weighted by molar-refractivity contribution is -0.201. The van der Waals surface area contributed by atoms with Crippen molar-refractivity contribution in [2.75, 3.05) is 33.5 Å². The molecule has 42 heavy (non-hydrogen) atoms. The van der Waals surface area contributed by atoms with E-state index in [-0.39, 0.29) is 60.1 Å². The van der Waals surface area contributed by atoms with Crippen molar-refractivity contribution in [2.45, 2.75) is 108 Å². The highest BCUT2D eigenvalue weighted by atomic mass is 16.6. The summed E-state index contributed by atoms with van der Waals surface area (Å²) in [5, 5.41) is 13.9. The molecule has 4 fully saturated rings. The standard InChI is InChI=1S/C32H49NO9/c1-20(8-11-27-30(36)32(19-40-32)15-24(42-27)14-29(35)37-6)7-10-26-22(3)13-25(23(4)41-26)33-28(34)12-9-21(2)16-39-31(5)17-38-18-31/h7-9,11-12,21-27,30,36H,10,13-19H2,1-6H3,(H,33,34)/b11-8+,12-9-,20-7+/t21?,22-,23+,24+,25+,26-,27+,30+,32+/m0/s1. The molecule has 9 atom stereocenters. The van der Waals surface area contributed by atoms with Crippen LogP contribution in [0.15, 0.2) is 36.0 Å². The third kappa shape index (κ3) is 8.74. The lowest BCUT2D eigenvalue weighted by atomic mass is 9.87. The summed E-state index contributed by atoms with van der Waals surface area (Å²) in [5.41, 5.74) is 0.185. The van der Waals surface area contributed by atoms with Crippen LogP contribution < -0.4 is 5.32 Å². The largest absolute Gasteiger partial charge is 0.469 e. The monoisotopic (exact) mass is 591 g/mol. The zero-order chi connectivity index (χ0) is 30.5. The maximum absolute atomic E-state index is 12.6. The summed E-state index contributed by atoms with van der Waals surface area (Å²) in [6.45, 7) is 12.5. The van der Waals surface area contributed by atoms with Gasteiger partial charge >= 0.3 is 5.97 Å². The highest BCUT2D eigenvalue weighted by Crippen LogP contribution is 2.43. The molecule has 1 unspecified atom stereocenters. The number of aliphatic hydroxyl groups is 1. The minimum atomic E-state index is -0.789. The molecule has 1 amide bonds. The molecule has 4 heterocycles.